The number of phenolic OH excluding ortho intramolecular Hbond substituents is 1. The van der Waals surface area contributed by atoms with Gasteiger partial charge in [0.25, 0.3) is 0 Å². The molecule has 0 unspecified atom stereocenters. The normalized spacial score (nSPS) is 21.3. The molecule has 6 rings (SSSR count). The topological polar surface area (TPSA) is 79.1 Å². The third kappa shape index (κ3) is 3.51. The molecule has 1 saturated carbocycles. The van der Waals surface area contributed by atoms with Gasteiger partial charge in [-0.25, -0.2) is 9.97 Å². The lowest BCUT2D eigenvalue weighted by molar-refractivity contribution is 0.407. The Morgan fingerprint density at radius 2 is 1.85 bits per heavy atom. The van der Waals surface area contributed by atoms with Crippen LogP contribution in [0.5, 0.6) is 5.75 Å². The fourth-order valence-corrected chi connectivity index (χ4v) is 5.34. The van der Waals surface area contributed by atoms with Crippen molar-refractivity contribution < 1.29 is 5.11 Å². The Balaban J connectivity index is 1.49. The third-order valence-electron chi connectivity index (χ3n) is 7.02. The minimum absolute atomic E-state index is 0.246. The van der Waals surface area contributed by atoms with Gasteiger partial charge in [-0.05, 0) is 63.3 Å². The van der Waals surface area contributed by atoms with E-state index in [2.05, 4.69) is 41.3 Å². The molecule has 0 spiro atoms. The fraction of sp³-hybridized carbons (Fsp3) is 0.423. The molecule has 0 bridgehead atoms. The molecule has 3 aromatic heterocycles. The Kier molecular flexibility index (Phi) is 4.59. The standard InChI is InChI=1S/C26H30N6O/c1-14-11-32(12-15(2)28-14)19-8-21-20(17-5-6-17)9-23(29-26(21)27-10-19)22-7-18-13-31(4)30-24(18)16(3)25(22)33/h7-10,13-15,17,28,33H,5-6,11-12H2,1-4H3/t14-,15-/m1/s1. The van der Waals surface area contributed by atoms with E-state index in [1.54, 1.807) is 4.68 Å². The van der Waals surface area contributed by atoms with Gasteiger partial charge >= 0.3 is 0 Å². The summed E-state index contributed by atoms with van der Waals surface area (Å²) in [4.78, 5) is 12.2. The fourth-order valence-electron chi connectivity index (χ4n) is 5.34. The van der Waals surface area contributed by atoms with Crippen LogP contribution < -0.4 is 10.2 Å². The smallest absolute Gasteiger partial charge is 0.160 e. The van der Waals surface area contributed by atoms with Gasteiger partial charge in [0.1, 0.15) is 5.75 Å². The van der Waals surface area contributed by atoms with Crippen LogP contribution in [0.3, 0.4) is 0 Å². The van der Waals surface area contributed by atoms with E-state index in [0.717, 1.165) is 57.5 Å². The number of aromatic nitrogens is 4. The minimum Gasteiger partial charge on any atom is -0.507 e. The van der Waals surface area contributed by atoms with Crippen molar-refractivity contribution in [2.75, 3.05) is 18.0 Å². The van der Waals surface area contributed by atoms with Crippen molar-refractivity contribution in [3.63, 3.8) is 0 Å². The second-order valence-electron chi connectivity index (χ2n) is 9.95. The Morgan fingerprint density at radius 1 is 1.09 bits per heavy atom. The van der Waals surface area contributed by atoms with Crippen molar-refractivity contribution in [1.29, 1.82) is 0 Å². The number of hydrogen-bond donors (Lipinski definition) is 2. The highest BCUT2D eigenvalue weighted by Crippen LogP contribution is 2.45. The monoisotopic (exact) mass is 442 g/mol. The highest BCUT2D eigenvalue weighted by Gasteiger charge is 2.28. The molecule has 2 atom stereocenters. The van der Waals surface area contributed by atoms with E-state index in [0.29, 0.717) is 18.0 Å². The van der Waals surface area contributed by atoms with Gasteiger partial charge in [0, 0.05) is 60.3 Å². The molecule has 7 heteroatoms. The summed E-state index contributed by atoms with van der Waals surface area (Å²) in [7, 11) is 1.90. The molecule has 1 aliphatic carbocycles. The molecule has 170 valence electrons. The van der Waals surface area contributed by atoms with Gasteiger partial charge < -0.3 is 15.3 Å². The minimum atomic E-state index is 0.246. The van der Waals surface area contributed by atoms with Crippen LogP contribution in [0.15, 0.2) is 30.6 Å². The predicted octanol–water partition coefficient (Wildman–Crippen LogP) is 4.26. The number of benzene rings is 1. The number of rotatable bonds is 3. The lowest BCUT2D eigenvalue weighted by Gasteiger charge is -2.37. The van der Waals surface area contributed by atoms with E-state index >= 15 is 0 Å². The summed E-state index contributed by atoms with van der Waals surface area (Å²) in [5.74, 6) is 0.785. The highest BCUT2D eigenvalue weighted by molar-refractivity contribution is 5.92. The summed E-state index contributed by atoms with van der Waals surface area (Å²) in [5.41, 5.74) is 6.33. The molecule has 4 heterocycles. The molecule has 33 heavy (non-hydrogen) atoms. The molecule has 2 aliphatic rings. The molecule has 0 radical (unpaired) electrons. The van der Waals surface area contributed by atoms with Crippen molar-refractivity contribution >= 4 is 27.6 Å². The van der Waals surface area contributed by atoms with E-state index in [1.165, 1.54) is 18.4 Å². The largest absolute Gasteiger partial charge is 0.507 e. The Hall–Kier alpha value is -3.19. The van der Waals surface area contributed by atoms with Crippen LogP contribution in [-0.4, -0.2) is 50.0 Å². The molecular formula is C26H30N6O. The van der Waals surface area contributed by atoms with Crippen molar-refractivity contribution in [1.82, 2.24) is 25.1 Å². The van der Waals surface area contributed by atoms with Gasteiger partial charge in [-0.3, -0.25) is 4.68 Å². The lowest BCUT2D eigenvalue weighted by Crippen LogP contribution is -2.54. The summed E-state index contributed by atoms with van der Waals surface area (Å²) in [6.07, 6.45) is 6.32. The number of nitrogens with one attached hydrogen (secondary N) is 1. The Morgan fingerprint density at radius 3 is 2.58 bits per heavy atom. The van der Waals surface area contributed by atoms with Gasteiger partial charge in [-0.2, -0.15) is 5.10 Å². The Labute approximate surface area is 193 Å². The van der Waals surface area contributed by atoms with E-state index < -0.39 is 0 Å². The summed E-state index contributed by atoms with van der Waals surface area (Å²) in [5, 5.41) is 21.2. The zero-order chi connectivity index (χ0) is 22.9. The number of pyridine rings is 2. The second kappa shape index (κ2) is 7.42. The highest BCUT2D eigenvalue weighted by atomic mass is 16.3. The molecule has 7 nitrogen and oxygen atoms in total. The van der Waals surface area contributed by atoms with Crippen LogP contribution >= 0.6 is 0 Å². The first-order valence-electron chi connectivity index (χ1n) is 11.9. The van der Waals surface area contributed by atoms with Gasteiger partial charge in [-0.15, -0.1) is 0 Å². The maximum atomic E-state index is 11.0. The van der Waals surface area contributed by atoms with Crippen LogP contribution in [0.1, 0.15) is 43.7 Å². The van der Waals surface area contributed by atoms with Crippen molar-refractivity contribution in [2.45, 2.75) is 51.6 Å². The van der Waals surface area contributed by atoms with Crippen LogP contribution in [0.25, 0.3) is 33.2 Å². The molecule has 1 aliphatic heterocycles. The molecule has 2 fully saturated rings. The number of phenols is 1. The molecule has 2 N–H and O–H groups in total. The Bertz CT molecular complexity index is 1380. The van der Waals surface area contributed by atoms with Gasteiger partial charge in [0.05, 0.1) is 23.1 Å². The first-order chi connectivity index (χ1) is 15.9. The maximum Gasteiger partial charge on any atom is 0.160 e. The number of fused-ring (bicyclic) bond motifs is 2. The van der Waals surface area contributed by atoms with Crippen molar-refractivity contribution in [3.05, 3.63) is 41.7 Å². The van der Waals surface area contributed by atoms with E-state index in [9.17, 15) is 5.11 Å². The SMILES string of the molecule is Cc1c(O)c(-c2cc(C3CC3)c3cc(N4C[C@@H](C)N[C@H](C)C4)cnc3n2)cc2cn(C)nc12. The van der Waals surface area contributed by atoms with Gasteiger partial charge in [0.2, 0.25) is 0 Å². The number of aryl methyl sites for hydroxylation is 2. The van der Waals surface area contributed by atoms with E-state index in [4.69, 9.17) is 9.97 Å². The van der Waals surface area contributed by atoms with Gasteiger partial charge in [0.15, 0.2) is 5.65 Å². The molecule has 1 saturated heterocycles. The second-order valence-corrected chi connectivity index (χ2v) is 9.95. The van der Waals surface area contributed by atoms with Crippen molar-refractivity contribution in [2.24, 2.45) is 7.05 Å². The zero-order valence-electron chi connectivity index (χ0n) is 19.6. The summed E-state index contributed by atoms with van der Waals surface area (Å²) < 4.78 is 1.78. The zero-order valence-corrected chi connectivity index (χ0v) is 19.6. The number of nitrogens with zero attached hydrogens (tertiary/aromatic N) is 5. The summed E-state index contributed by atoms with van der Waals surface area (Å²) in [6, 6.07) is 7.33. The predicted molar refractivity (Wildman–Crippen MR) is 132 cm³/mol. The molecular weight excluding hydrogens is 412 g/mol. The van der Waals surface area contributed by atoms with Gasteiger partial charge in [-0.1, -0.05) is 0 Å². The van der Waals surface area contributed by atoms with Crippen LogP contribution in [0.4, 0.5) is 5.69 Å². The molecule has 4 aromatic rings. The lowest BCUT2D eigenvalue weighted by atomic mass is 9.99. The van der Waals surface area contributed by atoms with Crippen LogP contribution in [0.2, 0.25) is 0 Å². The first kappa shape index (κ1) is 20.4. The van der Waals surface area contributed by atoms with E-state index in [-0.39, 0.29) is 5.75 Å². The summed E-state index contributed by atoms with van der Waals surface area (Å²) in [6.45, 7) is 8.32. The number of anilines is 1. The molecule has 1 aromatic carbocycles. The quantitative estimate of drug-likeness (QED) is 0.494. The van der Waals surface area contributed by atoms with E-state index in [1.807, 2.05) is 32.4 Å². The van der Waals surface area contributed by atoms with Crippen LogP contribution in [0, 0.1) is 6.92 Å². The summed E-state index contributed by atoms with van der Waals surface area (Å²) >= 11 is 0. The third-order valence-corrected chi connectivity index (χ3v) is 7.02. The van der Waals surface area contributed by atoms with Crippen LogP contribution in [-0.2, 0) is 7.05 Å². The first-order valence-corrected chi connectivity index (χ1v) is 11.9. The molecule has 0 amide bonds. The maximum absolute atomic E-state index is 11.0. The average Bonchev–Trinajstić information content (AvgIpc) is 3.56. The number of aromatic hydroxyl groups is 1. The number of hydrogen-bond acceptors (Lipinski definition) is 6. The van der Waals surface area contributed by atoms with Crippen molar-refractivity contribution in [3.8, 4) is 17.0 Å². The average molecular weight is 443 g/mol. The number of piperazine rings is 1.